The van der Waals surface area contributed by atoms with Gasteiger partial charge in [-0.05, 0) is 32.7 Å². The molecular formula is C12H26N2O2S. The predicted octanol–water partition coefficient (Wildman–Crippen LogP) is 0.931. The fourth-order valence-electron chi connectivity index (χ4n) is 2.30. The molecule has 1 saturated heterocycles. The van der Waals surface area contributed by atoms with Gasteiger partial charge in [0.2, 0.25) is 0 Å². The molecule has 0 aliphatic carbocycles. The zero-order valence-corrected chi connectivity index (χ0v) is 11.9. The van der Waals surface area contributed by atoms with Crippen molar-refractivity contribution in [3.05, 3.63) is 0 Å². The lowest BCUT2D eigenvalue weighted by molar-refractivity contribution is 0.408. The van der Waals surface area contributed by atoms with Gasteiger partial charge in [0.1, 0.15) is 9.84 Å². The highest BCUT2D eigenvalue weighted by Gasteiger charge is 2.14. The molecule has 4 nitrogen and oxygen atoms in total. The van der Waals surface area contributed by atoms with Crippen molar-refractivity contribution in [1.82, 2.24) is 10.6 Å². The summed E-state index contributed by atoms with van der Waals surface area (Å²) in [5.41, 5.74) is 0. The molecule has 1 fully saturated rings. The predicted molar refractivity (Wildman–Crippen MR) is 72.1 cm³/mol. The molecule has 0 spiro atoms. The third-order valence-corrected chi connectivity index (χ3v) is 4.21. The molecule has 0 radical (unpaired) electrons. The quantitative estimate of drug-likeness (QED) is 0.748. The van der Waals surface area contributed by atoms with Crippen molar-refractivity contribution in [3.63, 3.8) is 0 Å². The molecule has 0 aromatic heterocycles. The molecule has 1 heterocycles. The first-order valence-corrected chi connectivity index (χ1v) is 8.68. The molecular weight excluding hydrogens is 236 g/mol. The van der Waals surface area contributed by atoms with Crippen molar-refractivity contribution in [2.75, 3.05) is 25.1 Å². The smallest absolute Gasteiger partial charge is 0.148 e. The summed E-state index contributed by atoms with van der Waals surface area (Å²) >= 11 is 0. The number of sulfone groups is 1. The van der Waals surface area contributed by atoms with Crippen LogP contribution in [0.4, 0.5) is 0 Å². The van der Waals surface area contributed by atoms with Crippen LogP contribution >= 0.6 is 0 Å². The van der Waals surface area contributed by atoms with E-state index in [1.165, 1.54) is 31.9 Å². The Morgan fingerprint density at radius 2 is 2.12 bits per heavy atom. The van der Waals surface area contributed by atoms with E-state index in [-0.39, 0.29) is 5.75 Å². The van der Waals surface area contributed by atoms with Crippen LogP contribution in [0.25, 0.3) is 0 Å². The average molecular weight is 262 g/mol. The molecule has 0 amide bonds. The highest BCUT2D eigenvalue weighted by atomic mass is 32.2. The average Bonchev–Trinajstić information content (AvgIpc) is 2.44. The van der Waals surface area contributed by atoms with Gasteiger partial charge in [0.05, 0.1) is 5.75 Å². The molecule has 1 rings (SSSR count). The first-order valence-electron chi connectivity index (χ1n) is 6.62. The second-order valence-electron chi connectivity index (χ2n) is 5.22. The molecule has 2 unspecified atom stereocenters. The van der Waals surface area contributed by atoms with Gasteiger partial charge in [-0.2, -0.15) is 0 Å². The van der Waals surface area contributed by atoms with Crippen molar-refractivity contribution in [2.45, 2.75) is 51.1 Å². The van der Waals surface area contributed by atoms with E-state index in [9.17, 15) is 8.42 Å². The number of hydrogen-bond donors (Lipinski definition) is 2. The zero-order chi connectivity index (χ0) is 12.7. The fourth-order valence-corrected chi connectivity index (χ4v) is 2.79. The molecule has 0 saturated carbocycles. The summed E-state index contributed by atoms with van der Waals surface area (Å²) in [4.78, 5) is 0. The van der Waals surface area contributed by atoms with Crippen LogP contribution in [0.15, 0.2) is 0 Å². The van der Waals surface area contributed by atoms with E-state index in [1.54, 1.807) is 0 Å². The third kappa shape index (κ3) is 7.73. The second-order valence-corrected chi connectivity index (χ2v) is 7.48. The Labute approximate surface area is 105 Å². The number of rotatable bonds is 6. The molecule has 1 aliphatic rings. The fraction of sp³-hybridized carbons (Fsp3) is 1.00. The Bertz CT molecular complexity index is 296. The van der Waals surface area contributed by atoms with Gasteiger partial charge >= 0.3 is 0 Å². The van der Waals surface area contributed by atoms with Crippen LogP contribution in [0, 0.1) is 0 Å². The highest BCUT2D eigenvalue weighted by Crippen LogP contribution is 2.12. The van der Waals surface area contributed by atoms with Crippen molar-refractivity contribution >= 4 is 9.84 Å². The van der Waals surface area contributed by atoms with Gasteiger partial charge in [-0.1, -0.05) is 12.8 Å². The zero-order valence-electron chi connectivity index (χ0n) is 11.0. The van der Waals surface area contributed by atoms with Crippen molar-refractivity contribution < 1.29 is 8.42 Å². The van der Waals surface area contributed by atoms with Gasteiger partial charge < -0.3 is 10.6 Å². The van der Waals surface area contributed by atoms with E-state index in [1.807, 2.05) is 0 Å². The Morgan fingerprint density at radius 1 is 1.35 bits per heavy atom. The van der Waals surface area contributed by atoms with Crippen LogP contribution in [0.1, 0.15) is 39.0 Å². The van der Waals surface area contributed by atoms with E-state index in [0.717, 1.165) is 13.0 Å². The van der Waals surface area contributed by atoms with Crippen LogP contribution < -0.4 is 10.6 Å². The lowest BCUT2D eigenvalue weighted by Crippen LogP contribution is -2.38. The summed E-state index contributed by atoms with van der Waals surface area (Å²) in [6, 6.07) is 0.977. The second kappa shape index (κ2) is 7.34. The topological polar surface area (TPSA) is 58.2 Å². The summed E-state index contributed by atoms with van der Waals surface area (Å²) in [5.74, 6) is 0.232. The summed E-state index contributed by atoms with van der Waals surface area (Å²) in [6.45, 7) is 3.82. The lowest BCUT2D eigenvalue weighted by atomic mass is 10.0. The van der Waals surface area contributed by atoms with E-state index >= 15 is 0 Å². The molecule has 0 aromatic carbocycles. The molecule has 102 valence electrons. The maximum Gasteiger partial charge on any atom is 0.148 e. The van der Waals surface area contributed by atoms with Crippen LogP contribution in [-0.2, 0) is 9.84 Å². The first-order chi connectivity index (χ1) is 7.97. The first kappa shape index (κ1) is 14.9. The molecule has 1 aliphatic heterocycles. The van der Waals surface area contributed by atoms with Crippen LogP contribution in [0.3, 0.4) is 0 Å². The molecule has 0 aromatic rings. The molecule has 2 atom stereocenters. The van der Waals surface area contributed by atoms with Crippen molar-refractivity contribution in [2.24, 2.45) is 0 Å². The molecule has 0 bridgehead atoms. The molecule has 17 heavy (non-hydrogen) atoms. The van der Waals surface area contributed by atoms with Gasteiger partial charge in [-0.3, -0.25) is 0 Å². The summed E-state index contributed by atoms with van der Waals surface area (Å²) < 4.78 is 22.0. The van der Waals surface area contributed by atoms with Crippen LogP contribution in [0.2, 0.25) is 0 Å². The summed E-state index contributed by atoms with van der Waals surface area (Å²) in [5, 5.41) is 6.85. The SMILES string of the molecule is CC(CC1CCCCCN1)NCCS(C)(=O)=O. The third-order valence-electron chi connectivity index (χ3n) is 3.27. The number of nitrogens with one attached hydrogen (secondary N) is 2. The van der Waals surface area contributed by atoms with Crippen molar-refractivity contribution in [1.29, 1.82) is 0 Å². The molecule has 5 heteroatoms. The molecule has 2 N–H and O–H groups in total. The number of hydrogen-bond acceptors (Lipinski definition) is 4. The Morgan fingerprint density at radius 3 is 2.82 bits per heavy atom. The monoisotopic (exact) mass is 262 g/mol. The van der Waals surface area contributed by atoms with Crippen LogP contribution in [-0.4, -0.2) is 45.6 Å². The minimum Gasteiger partial charge on any atom is -0.314 e. The lowest BCUT2D eigenvalue weighted by Gasteiger charge is -2.21. The van der Waals surface area contributed by atoms with Gasteiger partial charge in [0, 0.05) is 24.9 Å². The Balaban J connectivity index is 2.17. The van der Waals surface area contributed by atoms with Crippen LogP contribution in [0.5, 0.6) is 0 Å². The maximum absolute atomic E-state index is 11.0. The minimum atomic E-state index is -2.84. The summed E-state index contributed by atoms with van der Waals surface area (Å²) in [7, 11) is -2.84. The van der Waals surface area contributed by atoms with Crippen molar-refractivity contribution in [3.8, 4) is 0 Å². The van der Waals surface area contributed by atoms with Gasteiger partial charge in [0.15, 0.2) is 0 Å². The Kier molecular flexibility index (Phi) is 6.44. The van der Waals surface area contributed by atoms with E-state index in [4.69, 9.17) is 0 Å². The van der Waals surface area contributed by atoms with Gasteiger partial charge in [0.25, 0.3) is 0 Å². The minimum absolute atomic E-state index is 0.232. The normalized spacial score (nSPS) is 24.2. The van der Waals surface area contributed by atoms with Gasteiger partial charge in [-0.25, -0.2) is 8.42 Å². The maximum atomic E-state index is 11.0. The largest absolute Gasteiger partial charge is 0.314 e. The van der Waals surface area contributed by atoms with E-state index in [0.29, 0.717) is 18.6 Å². The van der Waals surface area contributed by atoms with E-state index in [2.05, 4.69) is 17.6 Å². The Hall–Kier alpha value is -0.130. The summed E-state index contributed by atoms with van der Waals surface area (Å²) in [6.07, 6.45) is 7.55. The van der Waals surface area contributed by atoms with Gasteiger partial charge in [-0.15, -0.1) is 0 Å². The highest BCUT2D eigenvalue weighted by molar-refractivity contribution is 7.90. The standard InChI is InChI=1S/C12H26N2O2S/c1-11(13-8-9-17(2,15)16)10-12-6-4-3-5-7-14-12/h11-14H,3-10H2,1-2H3. The van der Waals surface area contributed by atoms with E-state index < -0.39 is 9.84 Å².